The molecule has 0 aliphatic rings. The van der Waals surface area contributed by atoms with E-state index >= 15 is 0 Å². The molecule has 80 valence electrons. The number of hydrogen-bond acceptors (Lipinski definition) is 1. The first-order valence-corrected chi connectivity index (χ1v) is 4.93. The molecule has 0 spiro atoms. The average Bonchev–Trinajstić information content (AvgIpc) is 2.00. The topological polar surface area (TPSA) is 9.23 Å². The lowest BCUT2D eigenvalue weighted by Gasteiger charge is -2.16. The van der Waals surface area contributed by atoms with Gasteiger partial charge in [-0.2, -0.15) is 0 Å². The van der Waals surface area contributed by atoms with Crippen LogP contribution in [0.25, 0.3) is 0 Å². The molecular formula is C10H20F2O. The smallest absolute Gasteiger partial charge is 0.270 e. The van der Waals surface area contributed by atoms with Gasteiger partial charge in [0.2, 0.25) is 0 Å². The van der Waals surface area contributed by atoms with E-state index in [1.54, 1.807) is 6.92 Å². The SMILES string of the molecule is CCOCC(F)(F)CCCC(C)C. The molecule has 0 radical (unpaired) electrons. The highest BCUT2D eigenvalue weighted by molar-refractivity contribution is 4.65. The second kappa shape index (κ2) is 6.30. The van der Waals surface area contributed by atoms with Gasteiger partial charge < -0.3 is 4.74 Å². The number of rotatable bonds is 7. The number of ether oxygens (including phenoxy) is 1. The Morgan fingerprint density at radius 1 is 1.31 bits per heavy atom. The van der Waals surface area contributed by atoms with E-state index in [2.05, 4.69) is 0 Å². The van der Waals surface area contributed by atoms with Gasteiger partial charge in [0, 0.05) is 13.0 Å². The third-order valence-electron chi connectivity index (χ3n) is 1.84. The molecule has 0 N–H and O–H groups in total. The molecule has 0 saturated heterocycles. The van der Waals surface area contributed by atoms with Crippen LogP contribution in [0.1, 0.15) is 40.0 Å². The van der Waals surface area contributed by atoms with Gasteiger partial charge in [-0.25, -0.2) is 8.78 Å². The molecular weight excluding hydrogens is 174 g/mol. The van der Waals surface area contributed by atoms with E-state index in [0.29, 0.717) is 18.9 Å². The summed E-state index contributed by atoms with van der Waals surface area (Å²) in [5.74, 6) is -2.13. The van der Waals surface area contributed by atoms with Gasteiger partial charge in [-0.1, -0.05) is 20.3 Å². The van der Waals surface area contributed by atoms with Crippen LogP contribution in [0, 0.1) is 5.92 Å². The van der Waals surface area contributed by atoms with Crippen LogP contribution in [0.15, 0.2) is 0 Å². The first kappa shape index (κ1) is 12.8. The van der Waals surface area contributed by atoms with E-state index in [4.69, 9.17) is 4.74 Å². The fraction of sp³-hybridized carbons (Fsp3) is 1.00. The molecule has 0 bridgehead atoms. The van der Waals surface area contributed by atoms with Crippen molar-refractivity contribution in [3.05, 3.63) is 0 Å². The summed E-state index contributed by atoms with van der Waals surface area (Å²) in [5, 5.41) is 0. The molecule has 0 amide bonds. The summed E-state index contributed by atoms with van der Waals surface area (Å²) in [4.78, 5) is 0. The highest BCUT2D eigenvalue weighted by atomic mass is 19.3. The summed E-state index contributed by atoms with van der Waals surface area (Å²) < 4.78 is 30.6. The second-order valence-electron chi connectivity index (χ2n) is 3.78. The third kappa shape index (κ3) is 8.16. The van der Waals surface area contributed by atoms with Crippen molar-refractivity contribution in [2.75, 3.05) is 13.2 Å². The molecule has 0 fully saturated rings. The molecule has 0 aromatic carbocycles. The minimum Gasteiger partial charge on any atom is -0.375 e. The summed E-state index contributed by atoms with van der Waals surface area (Å²) in [6.45, 7) is 5.74. The predicted molar refractivity (Wildman–Crippen MR) is 50.1 cm³/mol. The Bertz CT molecular complexity index is 124. The number of halogens is 2. The van der Waals surface area contributed by atoms with E-state index in [9.17, 15) is 8.78 Å². The molecule has 0 rings (SSSR count). The first-order valence-electron chi connectivity index (χ1n) is 4.93. The fourth-order valence-electron chi connectivity index (χ4n) is 1.09. The van der Waals surface area contributed by atoms with Crippen LogP contribution in [0.3, 0.4) is 0 Å². The minimum atomic E-state index is -2.63. The molecule has 0 aromatic rings. The maximum absolute atomic E-state index is 12.9. The zero-order chi connectivity index (χ0) is 10.3. The van der Waals surface area contributed by atoms with Gasteiger partial charge in [0.05, 0.1) is 0 Å². The van der Waals surface area contributed by atoms with E-state index in [-0.39, 0.29) is 6.42 Å². The van der Waals surface area contributed by atoms with Crippen molar-refractivity contribution in [3.8, 4) is 0 Å². The van der Waals surface area contributed by atoms with E-state index in [1.165, 1.54) is 0 Å². The van der Waals surface area contributed by atoms with E-state index < -0.39 is 12.5 Å². The van der Waals surface area contributed by atoms with Gasteiger partial charge in [0.1, 0.15) is 6.61 Å². The maximum atomic E-state index is 12.9. The van der Waals surface area contributed by atoms with Crippen LogP contribution < -0.4 is 0 Å². The Balaban J connectivity index is 3.50. The van der Waals surface area contributed by atoms with Crippen molar-refractivity contribution in [2.45, 2.75) is 46.0 Å². The molecule has 3 heteroatoms. The molecule has 13 heavy (non-hydrogen) atoms. The van der Waals surface area contributed by atoms with Crippen molar-refractivity contribution < 1.29 is 13.5 Å². The summed E-state index contributed by atoms with van der Waals surface area (Å²) in [6, 6.07) is 0. The largest absolute Gasteiger partial charge is 0.375 e. The van der Waals surface area contributed by atoms with Crippen molar-refractivity contribution in [3.63, 3.8) is 0 Å². The minimum absolute atomic E-state index is 0.0504. The zero-order valence-electron chi connectivity index (χ0n) is 8.78. The van der Waals surface area contributed by atoms with Gasteiger partial charge >= 0.3 is 0 Å². The highest BCUT2D eigenvalue weighted by Gasteiger charge is 2.28. The summed E-state index contributed by atoms with van der Waals surface area (Å²) in [6.07, 6.45) is 1.39. The van der Waals surface area contributed by atoms with Gasteiger partial charge in [0.25, 0.3) is 5.92 Å². The van der Waals surface area contributed by atoms with Crippen LogP contribution in [-0.2, 0) is 4.74 Å². The lowest BCUT2D eigenvalue weighted by Crippen LogP contribution is -2.23. The average molecular weight is 194 g/mol. The quantitative estimate of drug-likeness (QED) is 0.603. The Labute approximate surface area is 79.5 Å². The normalized spacial score (nSPS) is 12.5. The molecule has 1 nitrogen and oxygen atoms in total. The highest BCUT2D eigenvalue weighted by Crippen LogP contribution is 2.22. The van der Waals surface area contributed by atoms with E-state index in [0.717, 1.165) is 6.42 Å². The standard InChI is InChI=1S/C10H20F2O/c1-4-13-8-10(11,12)7-5-6-9(2)3/h9H,4-8H2,1-3H3. The van der Waals surface area contributed by atoms with Crippen LogP contribution in [0.4, 0.5) is 8.78 Å². The van der Waals surface area contributed by atoms with Crippen molar-refractivity contribution in [1.29, 1.82) is 0 Å². The second-order valence-corrected chi connectivity index (χ2v) is 3.78. The molecule has 0 heterocycles. The Hall–Kier alpha value is -0.180. The Morgan fingerprint density at radius 2 is 1.92 bits per heavy atom. The van der Waals surface area contributed by atoms with Crippen LogP contribution in [0.2, 0.25) is 0 Å². The number of alkyl halides is 2. The molecule has 0 unspecified atom stereocenters. The van der Waals surface area contributed by atoms with Gasteiger partial charge in [-0.3, -0.25) is 0 Å². The van der Waals surface area contributed by atoms with Crippen LogP contribution in [-0.4, -0.2) is 19.1 Å². The lowest BCUT2D eigenvalue weighted by atomic mass is 10.0. The maximum Gasteiger partial charge on any atom is 0.270 e. The van der Waals surface area contributed by atoms with Gasteiger partial charge in [0.15, 0.2) is 0 Å². The van der Waals surface area contributed by atoms with Crippen LogP contribution in [0.5, 0.6) is 0 Å². The zero-order valence-corrected chi connectivity index (χ0v) is 8.78. The summed E-state index contributed by atoms with van der Waals surface area (Å²) >= 11 is 0. The predicted octanol–water partition coefficient (Wildman–Crippen LogP) is 3.48. The van der Waals surface area contributed by atoms with Crippen LogP contribution >= 0.6 is 0 Å². The van der Waals surface area contributed by atoms with Gasteiger partial charge in [-0.15, -0.1) is 0 Å². The van der Waals surface area contributed by atoms with Crippen molar-refractivity contribution >= 4 is 0 Å². The van der Waals surface area contributed by atoms with Gasteiger partial charge in [-0.05, 0) is 19.3 Å². The monoisotopic (exact) mass is 194 g/mol. The Morgan fingerprint density at radius 3 is 2.38 bits per heavy atom. The van der Waals surface area contributed by atoms with E-state index in [1.807, 2.05) is 13.8 Å². The molecule has 0 atom stereocenters. The summed E-state index contributed by atoms with van der Waals surface area (Å²) in [5.41, 5.74) is 0. The molecule has 0 aliphatic carbocycles. The Kier molecular flexibility index (Phi) is 6.21. The van der Waals surface area contributed by atoms with Crippen molar-refractivity contribution in [2.24, 2.45) is 5.92 Å². The molecule has 0 aliphatic heterocycles. The number of hydrogen-bond donors (Lipinski definition) is 0. The van der Waals surface area contributed by atoms with Crippen molar-refractivity contribution in [1.82, 2.24) is 0 Å². The third-order valence-corrected chi connectivity index (χ3v) is 1.84. The fourth-order valence-corrected chi connectivity index (χ4v) is 1.09. The molecule has 0 aromatic heterocycles. The first-order chi connectivity index (χ1) is 5.98. The lowest BCUT2D eigenvalue weighted by molar-refractivity contribution is -0.0813. The summed E-state index contributed by atoms with van der Waals surface area (Å²) in [7, 11) is 0. The molecule has 0 saturated carbocycles.